The predicted molar refractivity (Wildman–Crippen MR) is 103 cm³/mol. The Balaban J connectivity index is 1.53. The number of carbonyl (C=O) groups excluding carboxylic acids is 4. The summed E-state index contributed by atoms with van der Waals surface area (Å²) >= 11 is 0. The molecular weight excluding hydrogens is 388 g/mol. The monoisotopic (exact) mass is 416 g/mol. The van der Waals surface area contributed by atoms with Crippen molar-refractivity contribution in [3.8, 4) is 0 Å². The fourth-order valence-corrected chi connectivity index (χ4v) is 7.53. The lowest BCUT2D eigenvalue weighted by atomic mass is 9.45. The molecule has 0 aromatic rings. The highest BCUT2D eigenvalue weighted by atomic mass is 16.6. The van der Waals surface area contributed by atoms with E-state index < -0.39 is 35.0 Å². The second kappa shape index (κ2) is 5.88. The maximum absolute atomic E-state index is 13.6. The average Bonchev–Trinajstić information content (AvgIpc) is 3.34. The molecule has 0 bridgehead atoms. The van der Waals surface area contributed by atoms with Gasteiger partial charge in [-0.05, 0) is 30.8 Å². The number of ether oxygens (including phenoxy) is 2. The van der Waals surface area contributed by atoms with Crippen LogP contribution in [-0.2, 0) is 28.7 Å². The molecule has 7 unspecified atom stereocenters. The van der Waals surface area contributed by atoms with E-state index in [9.17, 15) is 24.3 Å². The quantitative estimate of drug-likeness (QED) is 0.551. The van der Waals surface area contributed by atoms with Crippen LogP contribution in [0.1, 0.15) is 59.3 Å². The Labute approximate surface area is 175 Å². The van der Waals surface area contributed by atoms with Crippen molar-refractivity contribution >= 4 is 23.3 Å². The summed E-state index contributed by atoms with van der Waals surface area (Å²) in [5.41, 5.74) is -2.84. The first-order valence-corrected chi connectivity index (χ1v) is 10.8. The van der Waals surface area contributed by atoms with E-state index in [1.807, 2.05) is 0 Å². The summed E-state index contributed by atoms with van der Waals surface area (Å²) in [6, 6.07) is 0. The molecule has 7 heteroatoms. The maximum atomic E-state index is 13.6. The van der Waals surface area contributed by atoms with Gasteiger partial charge in [0.2, 0.25) is 5.78 Å². The summed E-state index contributed by atoms with van der Waals surface area (Å²) in [4.78, 5) is 49.7. The zero-order valence-corrected chi connectivity index (χ0v) is 17.7. The molecule has 1 spiro atoms. The van der Waals surface area contributed by atoms with Crippen molar-refractivity contribution in [3.63, 3.8) is 0 Å². The fourth-order valence-electron chi connectivity index (χ4n) is 7.53. The molecule has 0 aromatic heterocycles. The number of carbonyl (C=O) groups is 4. The lowest BCUT2D eigenvalue weighted by molar-refractivity contribution is -0.188. The van der Waals surface area contributed by atoms with Crippen LogP contribution in [0.2, 0.25) is 0 Å². The normalized spacial score (nSPS) is 48.7. The van der Waals surface area contributed by atoms with Gasteiger partial charge in [0, 0.05) is 43.4 Å². The molecular formula is C23H28O7. The average molecular weight is 416 g/mol. The van der Waals surface area contributed by atoms with E-state index in [2.05, 4.69) is 6.92 Å². The number of ketones is 3. The molecule has 1 N–H and O–H groups in total. The third-order valence-electron chi connectivity index (χ3n) is 9.08. The number of epoxide rings is 1. The van der Waals surface area contributed by atoms with Crippen LogP contribution in [0, 0.1) is 22.7 Å². The van der Waals surface area contributed by atoms with Crippen LogP contribution in [-0.4, -0.2) is 52.3 Å². The molecule has 1 heterocycles. The van der Waals surface area contributed by atoms with Crippen LogP contribution in [0.15, 0.2) is 11.6 Å². The van der Waals surface area contributed by atoms with Gasteiger partial charge in [-0.15, -0.1) is 0 Å². The molecule has 1 saturated heterocycles. The summed E-state index contributed by atoms with van der Waals surface area (Å²) in [5.74, 6) is -1.36. The molecule has 5 rings (SSSR count). The number of aliphatic hydroxyl groups is 1. The maximum Gasteiger partial charge on any atom is 0.303 e. The molecule has 0 radical (unpaired) electrons. The van der Waals surface area contributed by atoms with Crippen molar-refractivity contribution in [1.82, 2.24) is 0 Å². The summed E-state index contributed by atoms with van der Waals surface area (Å²) in [5, 5.41) is 11.5. The molecule has 5 aliphatic rings. The van der Waals surface area contributed by atoms with E-state index in [0.717, 1.165) is 12.0 Å². The van der Waals surface area contributed by atoms with Gasteiger partial charge in [-0.1, -0.05) is 19.4 Å². The Hall–Kier alpha value is -1.86. The largest absolute Gasteiger partial charge is 0.458 e. The van der Waals surface area contributed by atoms with Gasteiger partial charge in [0.15, 0.2) is 12.4 Å². The highest BCUT2D eigenvalue weighted by Crippen LogP contribution is 2.76. The van der Waals surface area contributed by atoms with Gasteiger partial charge in [0.25, 0.3) is 0 Å². The van der Waals surface area contributed by atoms with E-state index in [0.29, 0.717) is 19.3 Å². The Morgan fingerprint density at radius 3 is 2.70 bits per heavy atom. The van der Waals surface area contributed by atoms with Crippen molar-refractivity contribution in [2.75, 3.05) is 6.61 Å². The van der Waals surface area contributed by atoms with Crippen molar-refractivity contribution in [3.05, 3.63) is 11.6 Å². The Morgan fingerprint density at radius 2 is 2.00 bits per heavy atom. The van der Waals surface area contributed by atoms with Gasteiger partial charge in [-0.3, -0.25) is 19.2 Å². The van der Waals surface area contributed by atoms with Gasteiger partial charge in [0.1, 0.15) is 17.0 Å². The predicted octanol–water partition coefficient (Wildman–Crippen LogP) is 1.69. The summed E-state index contributed by atoms with van der Waals surface area (Å²) < 4.78 is 11.1. The molecule has 4 aliphatic carbocycles. The lowest BCUT2D eigenvalue weighted by Crippen LogP contribution is -2.66. The van der Waals surface area contributed by atoms with Crippen LogP contribution in [0.3, 0.4) is 0 Å². The lowest BCUT2D eigenvalue weighted by Gasteiger charge is -2.58. The highest BCUT2D eigenvalue weighted by molar-refractivity contribution is 5.96. The van der Waals surface area contributed by atoms with Gasteiger partial charge < -0.3 is 14.6 Å². The van der Waals surface area contributed by atoms with Crippen molar-refractivity contribution < 1.29 is 33.8 Å². The zero-order chi connectivity index (χ0) is 21.7. The minimum atomic E-state index is -1.76. The molecule has 4 fully saturated rings. The molecule has 7 atom stereocenters. The first-order chi connectivity index (χ1) is 14.0. The second-order valence-electron chi connectivity index (χ2n) is 10.3. The van der Waals surface area contributed by atoms with E-state index in [-0.39, 0.29) is 47.8 Å². The number of hydrogen-bond acceptors (Lipinski definition) is 7. The van der Waals surface area contributed by atoms with Crippen LogP contribution in [0.25, 0.3) is 0 Å². The fraction of sp³-hybridized carbons (Fsp3) is 0.739. The number of fused-ring (bicyclic) bond motifs is 3. The minimum Gasteiger partial charge on any atom is -0.458 e. The molecule has 162 valence electrons. The topological polar surface area (TPSA) is 110 Å². The van der Waals surface area contributed by atoms with E-state index in [4.69, 9.17) is 9.47 Å². The number of Topliss-reactive ketones (excluding diaryl/α,β-unsaturated/α-hetero) is 2. The van der Waals surface area contributed by atoms with Crippen molar-refractivity contribution in [2.45, 2.75) is 76.6 Å². The number of rotatable bonds is 3. The first kappa shape index (κ1) is 20.1. The van der Waals surface area contributed by atoms with Crippen LogP contribution < -0.4 is 0 Å². The van der Waals surface area contributed by atoms with Crippen molar-refractivity contribution in [2.24, 2.45) is 22.7 Å². The molecule has 0 amide bonds. The van der Waals surface area contributed by atoms with Gasteiger partial charge >= 0.3 is 5.97 Å². The Morgan fingerprint density at radius 1 is 1.27 bits per heavy atom. The number of esters is 1. The highest BCUT2D eigenvalue weighted by Gasteiger charge is 2.87. The van der Waals surface area contributed by atoms with Gasteiger partial charge in [0.05, 0.1) is 6.10 Å². The van der Waals surface area contributed by atoms with Crippen molar-refractivity contribution in [1.29, 1.82) is 0 Å². The van der Waals surface area contributed by atoms with E-state index in [1.54, 1.807) is 13.0 Å². The minimum absolute atomic E-state index is 0.0328. The Bertz CT molecular complexity index is 921. The van der Waals surface area contributed by atoms with Gasteiger partial charge in [-0.2, -0.15) is 0 Å². The van der Waals surface area contributed by atoms with E-state index >= 15 is 0 Å². The summed E-state index contributed by atoms with van der Waals surface area (Å²) in [7, 11) is 0. The Kier molecular flexibility index (Phi) is 3.94. The first-order valence-electron chi connectivity index (χ1n) is 10.8. The molecule has 7 nitrogen and oxygen atoms in total. The van der Waals surface area contributed by atoms with E-state index in [1.165, 1.54) is 6.92 Å². The summed E-state index contributed by atoms with van der Waals surface area (Å²) in [6.07, 6.45) is 4.14. The zero-order valence-electron chi connectivity index (χ0n) is 17.7. The summed E-state index contributed by atoms with van der Waals surface area (Å²) in [6.45, 7) is 4.59. The third kappa shape index (κ3) is 2.18. The number of hydrogen-bond donors (Lipinski definition) is 1. The smallest absolute Gasteiger partial charge is 0.303 e. The van der Waals surface area contributed by atoms with Crippen LogP contribution in [0.5, 0.6) is 0 Å². The third-order valence-corrected chi connectivity index (χ3v) is 9.08. The van der Waals surface area contributed by atoms with Crippen LogP contribution in [0.4, 0.5) is 0 Å². The number of allylic oxidation sites excluding steroid dienone is 1. The van der Waals surface area contributed by atoms with Crippen LogP contribution >= 0.6 is 0 Å². The van der Waals surface area contributed by atoms with Gasteiger partial charge in [-0.25, -0.2) is 0 Å². The molecule has 1 aliphatic heterocycles. The molecule has 3 saturated carbocycles. The molecule has 30 heavy (non-hydrogen) atoms. The standard InChI is InChI=1S/C23H28O7/c1-12(24)29-11-17(27)22(28)10-18-23(30-18)15-5-4-13-8-14(25)6-7-20(13,2)19(15)16(26)9-21(22,23)3/h8,15,18-19,28H,4-7,9-11H2,1-3H3. The second-order valence-corrected chi connectivity index (χ2v) is 10.3. The molecule has 0 aromatic carbocycles. The SMILES string of the molecule is CC(=O)OCC(=O)C1(O)CC2OC23C2CCC4=CC(=O)CCC4(C)C2C(=O)CC13C.